The van der Waals surface area contributed by atoms with E-state index in [1.807, 2.05) is 12.1 Å². The minimum Gasteiger partial charge on any atom is -0.337 e. The van der Waals surface area contributed by atoms with E-state index in [1.54, 1.807) is 37.4 Å². The fourth-order valence-electron chi connectivity index (χ4n) is 2.55. The summed E-state index contributed by atoms with van der Waals surface area (Å²) < 4.78 is 5.24. The van der Waals surface area contributed by atoms with Gasteiger partial charge in [0.25, 0.3) is 0 Å². The summed E-state index contributed by atoms with van der Waals surface area (Å²) in [6.45, 7) is 0.211. The van der Waals surface area contributed by atoms with Crippen molar-refractivity contribution in [1.82, 2.24) is 15.0 Å². The van der Waals surface area contributed by atoms with E-state index < -0.39 is 0 Å². The summed E-state index contributed by atoms with van der Waals surface area (Å²) in [6.07, 6.45) is 0.731. The highest BCUT2D eigenvalue weighted by atomic mass is 35.5. The van der Waals surface area contributed by atoms with Gasteiger partial charge in [0.05, 0.1) is 6.54 Å². The second kappa shape index (κ2) is 8.74. The van der Waals surface area contributed by atoms with Crippen molar-refractivity contribution in [2.24, 2.45) is 0 Å². The number of rotatable bonds is 6. The van der Waals surface area contributed by atoms with Crippen LogP contribution in [-0.2, 0) is 17.8 Å². The number of amides is 1. The van der Waals surface area contributed by atoms with Gasteiger partial charge in [0.1, 0.15) is 0 Å². The summed E-state index contributed by atoms with van der Waals surface area (Å²) in [7, 11) is 1.68. The molecule has 0 N–H and O–H groups in total. The lowest BCUT2D eigenvalue weighted by Gasteiger charge is -2.15. The Morgan fingerprint density at radius 3 is 2.52 bits per heavy atom. The quantitative estimate of drug-likeness (QED) is 0.539. The zero-order valence-electron chi connectivity index (χ0n) is 14.5. The summed E-state index contributed by atoms with van der Waals surface area (Å²) >= 11 is 18.3. The van der Waals surface area contributed by atoms with Crippen LogP contribution in [0.25, 0.3) is 11.4 Å². The Labute approximate surface area is 171 Å². The third kappa shape index (κ3) is 5.01. The van der Waals surface area contributed by atoms with Crippen LogP contribution in [0.2, 0.25) is 15.1 Å². The van der Waals surface area contributed by atoms with Crippen LogP contribution in [0.4, 0.5) is 0 Å². The van der Waals surface area contributed by atoms with Gasteiger partial charge in [0.2, 0.25) is 17.6 Å². The van der Waals surface area contributed by atoms with E-state index in [2.05, 4.69) is 10.1 Å². The maximum absolute atomic E-state index is 12.4. The molecule has 8 heteroatoms. The molecular formula is C19H16Cl3N3O2. The molecule has 0 aliphatic carbocycles. The molecular weight excluding hydrogens is 409 g/mol. The van der Waals surface area contributed by atoms with E-state index >= 15 is 0 Å². The second-order valence-corrected chi connectivity index (χ2v) is 7.22. The van der Waals surface area contributed by atoms with Crippen molar-refractivity contribution in [3.63, 3.8) is 0 Å². The van der Waals surface area contributed by atoms with Crippen molar-refractivity contribution in [3.8, 4) is 11.4 Å². The highest BCUT2D eigenvalue weighted by molar-refractivity contribution is 6.36. The van der Waals surface area contributed by atoms with Gasteiger partial charge in [-0.3, -0.25) is 4.79 Å². The third-order valence-electron chi connectivity index (χ3n) is 4.00. The predicted octanol–water partition coefficient (Wildman–Crippen LogP) is 5.29. The lowest BCUT2D eigenvalue weighted by atomic mass is 10.1. The third-order valence-corrected chi connectivity index (χ3v) is 4.94. The molecule has 140 valence electrons. The number of carbonyl (C=O) groups is 1. The standard InChI is InChI=1S/C19H16Cl3N3O2/c1-25(18(26)9-8-14-15(21)6-3-7-16(14)22)11-17-23-19(24-27-17)12-4-2-5-13(20)10-12/h2-7,10H,8-9,11H2,1H3. The first-order valence-electron chi connectivity index (χ1n) is 8.19. The summed E-state index contributed by atoms with van der Waals surface area (Å²) in [6, 6.07) is 12.4. The van der Waals surface area contributed by atoms with Gasteiger partial charge in [-0.15, -0.1) is 0 Å². The van der Waals surface area contributed by atoms with E-state index in [4.69, 9.17) is 39.3 Å². The fourth-order valence-corrected chi connectivity index (χ4v) is 3.33. The molecule has 3 aromatic rings. The fraction of sp³-hybridized carbons (Fsp3) is 0.211. The van der Waals surface area contributed by atoms with Crippen LogP contribution in [0.3, 0.4) is 0 Å². The lowest BCUT2D eigenvalue weighted by molar-refractivity contribution is -0.130. The maximum Gasteiger partial charge on any atom is 0.246 e. The molecule has 0 aliphatic heterocycles. The molecule has 1 aromatic heterocycles. The van der Waals surface area contributed by atoms with Gasteiger partial charge < -0.3 is 9.42 Å². The summed E-state index contributed by atoms with van der Waals surface area (Å²) in [4.78, 5) is 18.2. The normalized spacial score (nSPS) is 10.8. The summed E-state index contributed by atoms with van der Waals surface area (Å²) in [5.74, 6) is 0.696. The summed E-state index contributed by atoms with van der Waals surface area (Å²) in [5, 5.41) is 5.64. The second-order valence-electron chi connectivity index (χ2n) is 5.97. The maximum atomic E-state index is 12.4. The first-order valence-corrected chi connectivity index (χ1v) is 9.33. The Morgan fingerprint density at radius 2 is 1.81 bits per heavy atom. The van der Waals surface area contributed by atoms with Crippen molar-refractivity contribution in [1.29, 1.82) is 0 Å². The van der Waals surface area contributed by atoms with E-state index in [1.165, 1.54) is 4.90 Å². The molecule has 5 nitrogen and oxygen atoms in total. The molecule has 27 heavy (non-hydrogen) atoms. The highest BCUT2D eigenvalue weighted by Crippen LogP contribution is 2.26. The summed E-state index contributed by atoms with van der Waals surface area (Å²) in [5.41, 5.74) is 1.52. The molecule has 0 atom stereocenters. The van der Waals surface area contributed by atoms with Crippen LogP contribution < -0.4 is 0 Å². The zero-order valence-corrected chi connectivity index (χ0v) is 16.7. The van der Waals surface area contributed by atoms with Gasteiger partial charge in [-0.2, -0.15) is 4.98 Å². The number of benzene rings is 2. The van der Waals surface area contributed by atoms with Crippen molar-refractivity contribution >= 4 is 40.7 Å². The monoisotopic (exact) mass is 423 g/mol. The Balaban J connectivity index is 1.60. The molecule has 0 bridgehead atoms. The molecule has 1 amide bonds. The number of carbonyl (C=O) groups excluding carboxylic acids is 1. The largest absolute Gasteiger partial charge is 0.337 e. The average Bonchev–Trinajstić information content (AvgIpc) is 3.09. The Bertz CT molecular complexity index is 939. The van der Waals surface area contributed by atoms with Crippen molar-refractivity contribution in [2.45, 2.75) is 19.4 Å². The Morgan fingerprint density at radius 1 is 1.11 bits per heavy atom. The Kier molecular flexibility index (Phi) is 6.37. The van der Waals surface area contributed by atoms with E-state index in [0.717, 1.165) is 11.1 Å². The first kappa shape index (κ1) is 19.7. The van der Waals surface area contributed by atoms with Gasteiger partial charge in [-0.1, -0.05) is 58.2 Å². The molecule has 0 aliphatic rings. The molecule has 0 unspecified atom stereocenters. The van der Waals surface area contributed by atoms with Crippen molar-refractivity contribution < 1.29 is 9.32 Å². The number of aromatic nitrogens is 2. The van der Waals surface area contributed by atoms with Crippen LogP contribution in [0.5, 0.6) is 0 Å². The van der Waals surface area contributed by atoms with E-state index in [9.17, 15) is 4.79 Å². The van der Waals surface area contributed by atoms with Crippen LogP contribution in [0.1, 0.15) is 17.9 Å². The average molecular weight is 425 g/mol. The minimum atomic E-state index is -0.0755. The van der Waals surface area contributed by atoms with Gasteiger partial charge in [-0.25, -0.2) is 0 Å². The van der Waals surface area contributed by atoms with E-state index in [-0.39, 0.29) is 18.9 Å². The van der Waals surface area contributed by atoms with Gasteiger partial charge in [0, 0.05) is 34.1 Å². The van der Waals surface area contributed by atoms with Gasteiger partial charge in [0.15, 0.2) is 0 Å². The van der Waals surface area contributed by atoms with Gasteiger partial charge >= 0.3 is 0 Å². The zero-order chi connectivity index (χ0) is 19.4. The van der Waals surface area contributed by atoms with E-state index in [0.29, 0.717) is 33.2 Å². The topological polar surface area (TPSA) is 59.2 Å². The molecule has 1 heterocycles. The lowest BCUT2D eigenvalue weighted by Crippen LogP contribution is -2.26. The first-order chi connectivity index (χ1) is 12.9. The Hall–Kier alpha value is -2.08. The van der Waals surface area contributed by atoms with Gasteiger partial charge in [-0.05, 0) is 36.2 Å². The molecule has 0 spiro atoms. The molecule has 3 rings (SSSR count). The highest BCUT2D eigenvalue weighted by Gasteiger charge is 2.16. The number of halogens is 3. The number of nitrogens with zero attached hydrogens (tertiary/aromatic N) is 3. The van der Waals surface area contributed by atoms with Crippen molar-refractivity contribution in [3.05, 3.63) is 69.0 Å². The molecule has 0 saturated heterocycles. The van der Waals surface area contributed by atoms with Crippen LogP contribution in [0.15, 0.2) is 47.0 Å². The number of hydrogen-bond donors (Lipinski definition) is 0. The molecule has 0 saturated carbocycles. The molecule has 2 aromatic carbocycles. The SMILES string of the molecule is CN(Cc1nc(-c2cccc(Cl)c2)no1)C(=O)CCc1c(Cl)cccc1Cl. The van der Waals surface area contributed by atoms with Crippen LogP contribution in [-0.4, -0.2) is 28.0 Å². The predicted molar refractivity (Wildman–Crippen MR) is 106 cm³/mol. The van der Waals surface area contributed by atoms with Crippen LogP contribution in [0, 0.1) is 0 Å². The molecule has 0 radical (unpaired) electrons. The smallest absolute Gasteiger partial charge is 0.246 e. The number of hydrogen-bond acceptors (Lipinski definition) is 4. The minimum absolute atomic E-state index is 0.0755. The molecule has 0 fully saturated rings. The van der Waals surface area contributed by atoms with Crippen LogP contribution >= 0.6 is 34.8 Å². The van der Waals surface area contributed by atoms with Crippen molar-refractivity contribution in [2.75, 3.05) is 7.05 Å².